The summed E-state index contributed by atoms with van der Waals surface area (Å²) in [6.07, 6.45) is 7.57. The summed E-state index contributed by atoms with van der Waals surface area (Å²) in [4.78, 5) is 0. The smallest absolute Gasteiger partial charge is 0.119 e. The highest BCUT2D eigenvalue weighted by Gasteiger charge is 2.31. The van der Waals surface area contributed by atoms with Crippen molar-refractivity contribution in [3.05, 3.63) is 29.8 Å². The zero-order valence-electron chi connectivity index (χ0n) is 12.8. The van der Waals surface area contributed by atoms with Gasteiger partial charge in [-0.25, -0.2) is 0 Å². The molecule has 0 bridgehead atoms. The van der Waals surface area contributed by atoms with Crippen molar-refractivity contribution in [3.8, 4) is 5.75 Å². The fourth-order valence-corrected chi connectivity index (χ4v) is 3.07. The minimum Gasteiger partial charge on any atom is -0.497 e. The van der Waals surface area contributed by atoms with E-state index in [4.69, 9.17) is 9.47 Å². The van der Waals surface area contributed by atoms with Gasteiger partial charge in [0.15, 0.2) is 0 Å². The molecule has 1 aromatic rings. The average Bonchev–Trinajstić information content (AvgIpc) is 2.72. The van der Waals surface area contributed by atoms with Crippen LogP contribution in [0, 0.1) is 0 Å². The summed E-state index contributed by atoms with van der Waals surface area (Å²) in [5.41, 5.74) is 1.19. The highest BCUT2D eigenvalue weighted by Crippen LogP contribution is 2.31. The van der Waals surface area contributed by atoms with E-state index in [2.05, 4.69) is 17.4 Å². The van der Waals surface area contributed by atoms with Crippen LogP contribution < -0.4 is 10.1 Å². The van der Waals surface area contributed by atoms with Gasteiger partial charge in [0.25, 0.3) is 0 Å². The quantitative estimate of drug-likeness (QED) is 0.807. The van der Waals surface area contributed by atoms with Crippen LogP contribution >= 0.6 is 0 Å². The van der Waals surface area contributed by atoms with Crippen LogP contribution in [-0.4, -0.2) is 26.3 Å². The lowest BCUT2D eigenvalue weighted by Crippen LogP contribution is -2.41. The molecule has 1 saturated carbocycles. The van der Waals surface area contributed by atoms with Crippen molar-refractivity contribution in [3.63, 3.8) is 0 Å². The first-order valence-corrected chi connectivity index (χ1v) is 7.69. The van der Waals surface area contributed by atoms with Crippen LogP contribution in [0.15, 0.2) is 24.3 Å². The van der Waals surface area contributed by atoms with E-state index in [1.54, 1.807) is 7.11 Å². The van der Waals surface area contributed by atoms with Gasteiger partial charge in [0, 0.05) is 6.54 Å². The Labute approximate surface area is 122 Å². The van der Waals surface area contributed by atoms with Crippen molar-refractivity contribution in [2.75, 3.05) is 20.7 Å². The van der Waals surface area contributed by atoms with Gasteiger partial charge in [-0.3, -0.25) is 0 Å². The maximum Gasteiger partial charge on any atom is 0.119 e. The topological polar surface area (TPSA) is 30.5 Å². The number of methoxy groups -OCH3 is 1. The van der Waals surface area contributed by atoms with Gasteiger partial charge in [0.1, 0.15) is 5.75 Å². The molecule has 1 aliphatic carbocycles. The zero-order chi connectivity index (χ0) is 14.3. The Kier molecular flexibility index (Phi) is 5.86. The van der Waals surface area contributed by atoms with Gasteiger partial charge < -0.3 is 14.8 Å². The van der Waals surface area contributed by atoms with Crippen LogP contribution in [0.5, 0.6) is 5.75 Å². The average molecular weight is 277 g/mol. The zero-order valence-corrected chi connectivity index (χ0v) is 12.8. The van der Waals surface area contributed by atoms with E-state index < -0.39 is 0 Å². The van der Waals surface area contributed by atoms with E-state index in [1.807, 2.05) is 19.2 Å². The molecule has 0 atom stereocenters. The Bertz CT molecular complexity index is 398. The molecule has 0 radical (unpaired) electrons. The van der Waals surface area contributed by atoms with E-state index in [9.17, 15) is 0 Å². The van der Waals surface area contributed by atoms with Crippen LogP contribution in [-0.2, 0) is 11.3 Å². The normalized spacial score (nSPS) is 18.5. The van der Waals surface area contributed by atoms with E-state index in [0.717, 1.165) is 25.1 Å². The minimum atomic E-state index is 0.00826. The maximum atomic E-state index is 6.36. The molecule has 2 rings (SSSR count). The molecule has 0 spiro atoms. The van der Waals surface area contributed by atoms with Crippen LogP contribution in [0.1, 0.15) is 44.1 Å². The molecule has 112 valence electrons. The second-order valence-corrected chi connectivity index (χ2v) is 5.77. The summed E-state index contributed by atoms with van der Waals surface area (Å²) >= 11 is 0. The molecule has 0 heterocycles. The maximum absolute atomic E-state index is 6.36. The Hall–Kier alpha value is -1.06. The van der Waals surface area contributed by atoms with Crippen LogP contribution in [0.25, 0.3) is 0 Å². The molecule has 1 aromatic carbocycles. The Morgan fingerprint density at radius 2 is 1.90 bits per heavy atom. The summed E-state index contributed by atoms with van der Waals surface area (Å²) in [6, 6.07) is 8.16. The van der Waals surface area contributed by atoms with Crippen LogP contribution in [0.4, 0.5) is 0 Å². The molecule has 0 saturated heterocycles. The predicted molar refractivity (Wildman–Crippen MR) is 82.1 cm³/mol. The van der Waals surface area contributed by atoms with Crippen molar-refractivity contribution in [2.45, 2.75) is 50.7 Å². The highest BCUT2D eigenvalue weighted by molar-refractivity contribution is 5.27. The summed E-state index contributed by atoms with van der Waals surface area (Å²) in [7, 11) is 3.72. The first-order valence-electron chi connectivity index (χ1n) is 7.69. The predicted octanol–water partition coefficient (Wildman–Crippen LogP) is 3.52. The van der Waals surface area contributed by atoms with E-state index in [0.29, 0.717) is 6.61 Å². The Morgan fingerprint density at radius 1 is 1.15 bits per heavy atom. The third-order valence-corrected chi connectivity index (χ3v) is 4.19. The first-order chi connectivity index (χ1) is 9.78. The number of rotatable bonds is 6. The molecular weight excluding hydrogens is 250 g/mol. The largest absolute Gasteiger partial charge is 0.497 e. The van der Waals surface area contributed by atoms with Crippen LogP contribution in [0.2, 0.25) is 0 Å². The monoisotopic (exact) mass is 277 g/mol. The third-order valence-electron chi connectivity index (χ3n) is 4.19. The SMILES string of the molecule is CNCC1(OCc2cccc(OC)c2)CCCCCC1. The first kappa shape index (κ1) is 15.3. The number of ether oxygens (including phenoxy) is 2. The fraction of sp³-hybridized carbons (Fsp3) is 0.647. The highest BCUT2D eigenvalue weighted by atomic mass is 16.5. The van der Waals surface area contributed by atoms with Gasteiger partial charge in [-0.1, -0.05) is 37.8 Å². The molecule has 0 amide bonds. The minimum absolute atomic E-state index is 0.00826. The Balaban J connectivity index is 2.00. The molecule has 1 aliphatic rings. The lowest BCUT2D eigenvalue weighted by Gasteiger charge is -2.33. The molecule has 0 unspecified atom stereocenters. The van der Waals surface area contributed by atoms with Crippen LogP contribution in [0.3, 0.4) is 0 Å². The van der Waals surface area contributed by atoms with Gasteiger partial charge in [0.2, 0.25) is 0 Å². The molecule has 3 nitrogen and oxygen atoms in total. The number of nitrogens with one attached hydrogen (secondary N) is 1. The Morgan fingerprint density at radius 3 is 2.55 bits per heavy atom. The summed E-state index contributed by atoms with van der Waals surface area (Å²) in [6.45, 7) is 1.61. The van der Waals surface area contributed by atoms with Gasteiger partial charge in [-0.2, -0.15) is 0 Å². The molecule has 1 N–H and O–H groups in total. The van der Waals surface area contributed by atoms with Gasteiger partial charge in [-0.05, 0) is 37.6 Å². The summed E-state index contributed by atoms with van der Waals surface area (Å²) in [5.74, 6) is 0.898. The van der Waals surface area contributed by atoms with E-state index in [-0.39, 0.29) is 5.60 Å². The third kappa shape index (κ3) is 4.22. The fourth-order valence-electron chi connectivity index (χ4n) is 3.07. The number of hydrogen-bond acceptors (Lipinski definition) is 3. The van der Waals surface area contributed by atoms with E-state index in [1.165, 1.54) is 31.2 Å². The standard InChI is InChI=1S/C17H27NO2/c1-18-14-17(10-5-3-4-6-11-17)20-13-15-8-7-9-16(12-15)19-2/h7-9,12,18H,3-6,10-11,13-14H2,1-2H3. The summed E-state index contributed by atoms with van der Waals surface area (Å²) in [5, 5.41) is 3.32. The molecule has 3 heteroatoms. The van der Waals surface area contributed by atoms with Gasteiger partial charge in [0.05, 0.1) is 19.3 Å². The number of benzene rings is 1. The molecule has 0 aliphatic heterocycles. The van der Waals surface area contributed by atoms with Crippen molar-refractivity contribution >= 4 is 0 Å². The molecule has 1 fully saturated rings. The molecule has 0 aromatic heterocycles. The van der Waals surface area contributed by atoms with Crippen molar-refractivity contribution in [2.24, 2.45) is 0 Å². The number of likely N-dealkylation sites (N-methyl/N-ethyl adjacent to an activating group) is 1. The lowest BCUT2D eigenvalue weighted by molar-refractivity contribution is -0.0645. The van der Waals surface area contributed by atoms with Crippen molar-refractivity contribution in [1.29, 1.82) is 0 Å². The molecular formula is C17H27NO2. The second kappa shape index (κ2) is 7.65. The lowest BCUT2D eigenvalue weighted by atomic mass is 9.94. The van der Waals surface area contributed by atoms with Gasteiger partial charge in [-0.15, -0.1) is 0 Å². The van der Waals surface area contributed by atoms with Crippen molar-refractivity contribution in [1.82, 2.24) is 5.32 Å². The van der Waals surface area contributed by atoms with E-state index >= 15 is 0 Å². The summed E-state index contributed by atoms with van der Waals surface area (Å²) < 4.78 is 11.6. The second-order valence-electron chi connectivity index (χ2n) is 5.77. The molecule has 20 heavy (non-hydrogen) atoms. The number of hydrogen-bond donors (Lipinski definition) is 1. The van der Waals surface area contributed by atoms with Crippen molar-refractivity contribution < 1.29 is 9.47 Å². The van der Waals surface area contributed by atoms with Gasteiger partial charge >= 0.3 is 0 Å².